The first-order valence-electron chi connectivity index (χ1n) is 5.60. The molecule has 0 aromatic heterocycles. The van der Waals surface area contributed by atoms with Crippen molar-refractivity contribution in [1.29, 1.82) is 0 Å². The number of rotatable bonds is 3. The highest BCUT2D eigenvalue weighted by molar-refractivity contribution is 5.87. The van der Waals surface area contributed by atoms with Gasteiger partial charge < -0.3 is 9.84 Å². The number of fused-ring (bicyclic) bond motifs is 1. The number of methoxy groups -OCH3 is 1. The van der Waals surface area contributed by atoms with Crippen molar-refractivity contribution < 1.29 is 9.84 Å². The molecule has 0 saturated carbocycles. The second-order valence-corrected chi connectivity index (χ2v) is 4.00. The normalized spacial score (nSPS) is 11.8. The summed E-state index contributed by atoms with van der Waals surface area (Å²) in [6, 6.07) is 12.3. The van der Waals surface area contributed by atoms with Gasteiger partial charge in [0.1, 0.15) is 5.75 Å². The summed E-state index contributed by atoms with van der Waals surface area (Å²) in [4.78, 5) is 0. The fraction of sp³-hybridized carbons (Fsp3) is 0.200. The van der Waals surface area contributed by atoms with E-state index in [9.17, 15) is 0 Å². The molecule has 0 heterocycles. The Morgan fingerprint density at radius 1 is 1.18 bits per heavy atom. The highest BCUT2D eigenvalue weighted by Gasteiger charge is 2.00. The molecule has 0 aliphatic carbocycles. The van der Waals surface area contributed by atoms with Gasteiger partial charge in [-0.25, -0.2) is 0 Å². The first kappa shape index (κ1) is 11.7. The van der Waals surface area contributed by atoms with Gasteiger partial charge in [-0.15, -0.1) is 0 Å². The summed E-state index contributed by atoms with van der Waals surface area (Å²) in [7, 11) is 1.67. The van der Waals surface area contributed by atoms with Crippen LogP contribution in [0.5, 0.6) is 5.75 Å². The van der Waals surface area contributed by atoms with Gasteiger partial charge in [0.05, 0.1) is 13.7 Å². The van der Waals surface area contributed by atoms with Gasteiger partial charge in [-0.05, 0) is 47.0 Å². The van der Waals surface area contributed by atoms with Crippen LogP contribution in [0, 0.1) is 0 Å². The molecule has 17 heavy (non-hydrogen) atoms. The number of hydrogen-bond acceptors (Lipinski definition) is 2. The molecule has 2 nitrogen and oxygen atoms in total. The second-order valence-electron chi connectivity index (χ2n) is 4.00. The molecule has 2 aromatic rings. The lowest BCUT2D eigenvalue weighted by Crippen LogP contribution is -1.85. The minimum absolute atomic E-state index is 0.0759. The third-order valence-corrected chi connectivity index (χ3v) is 2.90. The van der Waals surface area contributed by atoms with Crippen molar-refractivity contribution in [2.24, 2.45) is 0 Å². The standard InChI is InChI=1S/C15H16O2/c1-11(7-8-16)12-3-4-14-10-15(17-2)6-5-13(14)9-12/h3-7,9-10,16H,8H2,1-2H3/b11-7-. The van der Waals surface area contributed by atoms with Crippen LogP contribution >= 0.6 is 0 Å². The van der Waals surface area contributed by atoms with E-state index in [1.807, 2.05) is 31.2 Å². The molecule has 2 rings (SSSR count). The lowest BCUT2D eigenvalue weighted by atomic mass is 10.0. The van der Waals surface area contributed by atoms with Crippen molar-refractivity contribution in [3.8, 4) is 5.75 Å². The average Bonchev–Trinajstić information content (AvgIpc) is 2.37. The van der Waals surface area contributed by atoms with E-state index >= 15 is 0 Å². The van der Waals surface area contributed by atoms with Crippen molar-refractivity contribution in [1.82, 2.24) is 0 Å². The van der Waals surface area contributed by atoms with Gasteiger partial charge in [0.15, 0.2) is 0 Å². The van der Waals surface area contributed by atoms with Crippen molar-refractivity contribution in [2.75, 3.05) is 13.7 Å². The molecule has 0 fully saturated rings. The van der Waals surface area contributed by atoms with Gasteiger partial charge in [0, 0.05) is 0 Å². The summed E-state index contributed by atoms with van der Waals surface area (Å²) >= 11 is 0. The Labute approximate surface area is 101 Å². The summed E-state index contributed by atoms with van der Waals surface area (Å²) in [6.45, 7) is 2.08. The molecule has 0 spiro atoms. The number of benzene rings is 2. The van der Waals surface area contributed by atoms with E-state index in [0.717, 1.165) is 22.3 Å². The lowest BCUT2D eigenvalue weighted by molar-refractivity contribution is 0.343. The molecule has 0 radical (unpaired) electrons. The summed E-state index contributed by atoms with van der Waals surface area (Å²) in [5.74, 6) is 0.868. The quantitative estimate of drug-likeness (QED) is 0.873. The predicted molar refractivity (Wildman–Crippen MR) is 71.2 cm³/mol. The van der Waals surface area contributed by atoms with E-state index in [1.165, 1.54) is 5.39 Å². The first-order chi connectivity index (χ1) is 8.24. The molecule has 0 unspecified atom stereocenters. The van der Waals surface area contributed by atoms with Crippen molar-refractivity contribution >= 4 is 16.3 Å². The zero-order chi connectivity index (χ0) is 12.3. The van der Waals surface area contributed by atoms with E-state index in [0.29, 0.717) is 0 Å². The minimum Gasteiger partial charge on any atom is -0.497 e. The molecule has 1 N–H and O–H groups in total. The van der Waals surface area contributed by atoms with Gasteiger partial charge in [0.2, 0.25) is 0 Å². The van der Waals surface area contributed by atoms with Crippen molar-refractivity contribution in [2.45, 2.75) is 6.92 Å². The Balaban J connectivity index is 2.48. The van der Waals surface area contributed by atoms with Crippen LogP contribution in [0.3, 0.4) is 0 Å². The monoisotopic (exact) mass is 228 g/mol. The second kappa shape index (κ2) is 5.02. The summed E-state index contributed by atoms with van der Waals surface area (Å²) in [5, 5.41) is 11.2. The number of aliphatic hydroxyl groups excluding tert-OH is 1. The van der Waals surface area contributed by atoms with Gasteiger partial charge in [-0.1, -0.05) is 24.3 Å². The molecule has 2 aromatic carbocycles. The van der Waals surface area contributed by atoms with E-state index in [2.05, 4.69) is 18.2 Å². The van der Waals surface area contributed by atoms with Gasteiger partial charge in [-0.3, -0.25) is 0 Å². The molecule has 88 valence electrons. The van der Waals surface area contributed by atoms with E-state index in [-0.39, 0.29) is 6.61 Å². The van der Waals surface area contributed by atoms with Crippen LogP contribution in [0.1, 0.15) is 12.5 Å². The number of ether oxygens (including phenoxy) is 1. The maximum atomic E-state index is 8.89. The number of allylic oxidation sites excluding steroid dienone is 1. The van der Waals surface area contributed by atoms with Crippen LogP contribution in [-0.2, 0) is 0 Å². The molecule has 0 saturated heterocycles. The molecule has 0 aliphatic heterocycles. The molecule has 0 atom stereocenters. The third-order valence-electron chi connectivity index (χ3n) is 2.90. The van der Waals surface area contributed by atoms with E-state index in [4.69, 9.17) is 9.84 Å². The topological polar surface area (TPSA) is 29.5 Å². The average molecular weight is 228 g/mol. The number of aliphatic hydroxyl groups is 1. The third kappa shape index (κ3) is 2.48. The maximum Gasteiger partial charge on any atom is 0.119 e. The van der Waals surface area contributed by atoms with E-state index < -0.39 is 0 Å². The van der Waals surface area contributed by atoms with E-state index in [1.54, 1.807) is 7.11 Å². The molecule has 0 aliphatic rings. The van der Waals surface area contributed by atoms with Crippen LogP contribution in [0.25, 0.3) is 16.3 Å². The Morgan fingerprint density at radius 2 is 1.88 bits per heavy atom. The SMILES string of the molecule is COc1ccc2cc(/C(C)=C\CO)ccc2c1. The lowest BCUT2D eigenvalue weighted by Gasteiger charge is -2.06. The largest absolute Gasteiger partial charge is 0.497 e. The van der Waals surface area contributed by atoms with Crippen LogP contribution < -0.4 is 4.74 Å². The van der Waals surface area contributed by atoms with Crippen LogP contribution in [0.4, 0.5) is 0 Å². The fourth-order valence-electron chi connectivity index (χ4n) is 1.85. The Hall–Kier alpha value is -1.80. The van der Waals surface area contributed by atoms with Crippen molar-refractivity contribution in [3.05, 3.63) is 48.0 Å². The molecular formula is C15H16O2. The van der Waals surface area contributed by atoms with Crippen LogP contribution in [-0.4, -0.2) is 18.8 Å². The van der Waals surface area contributed by atoms with Gasteiger partial charge in [-0.2, -0.15) is 0 Å². The summed E-state index contributed by atoms with van der Waals surface area (Å²) < 4.78 is 5.19. The van der Waals surface area contributed by atoms with Gasteiger partial charge >= 0.3 is 0 Å². The highest BCUT2D eigenvalue weighted by atomic mass is 16.5. The molecule has 0 bridgehead atoms. The Bertz CT molecular complexity index is 556. The molecule has 0 amide bonds. The predicted octanol–water partition coefficient (Wildman–Crippen LogP) is 3.24. The van der Waals surface area contributed by atoms with Crippen LogP contribution in [0.15, 0.2) is 42.5 Å². The molecular weight excluding hydrogens is 212 g/mol. The fourth-order valence-corrected chi connectivity index (χ4v) is 1.85. The zero-order valence-electron chi connectivity index (χ0n) is 10.1. The van der Waals surface area contributed by atoms with Crippen LogP contribution in [0.2, 0.25) is 0 Å². The van der Waals surface area contributed by atoms with Gasteiger partial charge in [0.25, 0.3) is 0 Å². The Morgan fingerprint density at radius 3 is 2.59 bits per heavy atom. The highest BCUT2D eigenvalue weighted by Crippen LogP contribution is 2.24. The first-order valence-corrected chi connectivity index (χ1v) is 5.60. The summed E-state index contributed by atoms with van der Waals surface area (Å²) in [5.41, 5.74) is 2.22. The summed E-state index contributed by atoms with van der Waals surface area (Å²) in [6.07, 6.45) is 1.81. The number of hydrogen-bond donors (Lipinski definition) is 1. The minimum atomic E-state index is 0.0759. The molecule has 2 heteroatoms. The zero-order valence-corrected chi connectivity index (χ0v) is 10.1. The Kier molecular flexibility index (Phi) is 3.45. The smallest absolute Gasteiger partial charge is 0.119 e. The maximum absolute atomic E-state index is 8.89. The van der Waals surface area contributed by atoms with Crippen molar-refractivity contribution in [3.63, 3.8) is 0 Å².